The van der Waals surface area contributed by atoms with Crippen molar-refractivity contribution in [2.75, 3.05) is 25.5 Å². The molecule has 2 heterocycles. The fourth-order valence-electron chi connectivity index (χ4n) is 1.41. The van der Waals surface area contributed by atoms with E-state index >= 15 is 0 Å². The number of pyridine rings is 1. The average Bonchev–Trinajstić information content (AvgIpc) is 2.63. The number of hydrogen-bond donors (Lipinski definition) is 2. The third-order valence-corrected chi connectivity index (χ3v) is 2.22. The maximum Gasteiger partial charge on any atom is 0.243 e. The topological polar surface area (TPSA) is 54.2 Å². The molecule has 5 nitrogen and oxygen atoms in total. The van der Waals surface area contributed by atoms with Crippen LogP contribution in [0.15, 0.2) is 18.3 Å². The molecule has 0 fully saturated rings. The summed E-state index contributed by atoms with van der Waals surface area (Å²) in [6.07, 6.45) is 1.90. The lowest BCUT2D eigenvalue weighted by Gasteiger charge is -1.98. The van der Waals surface area contributed by atoms with Crippen molar-refractivity contribution < 1.29 is 0 Å². The first kappa shape index (κ1) is 9.92. The lowest BCUT2D eigenvalue weighted by Crippen LogP contribution is -2.18. The van der Waals surface area contributed by atoms with E-state index in [9.17, 15) is 0 Å². The Morgan fingerprint density at radius 2 is 2.27 bits per heavy atom. The predicted octanol–water partition coefficient (Wildman–Crippen LogP) is 0.669. The highest BCUT2D eigenvalue weighted by molar-refractivity contribution is 5.49. The highest BCUT2D eigenvalue weighted by atomic mass is 15.3. The van der Waals surface area contributed by atoms with Crippen molar-refractivity contribution in [3.8, 4) is 0 Å². The summed E-state index contributed by atoms with van der Waals surface area (Å²) in [5.41, 5.74) is 2.04. The van der Waals surface area contributed by atoms with Crippen LogP contribution in [0.1, 0.15) is 5.56 Å². The summed E-state index contributed by atoms with van der Waals surface area (Å²) in [6, 6.07) is 4.00. The van der Waals surface area contributed by atoms with Crippen LogP contribution in [0.2, 0.25) is 0 Å². The van der Waals surface area contributed by atoms with Crippen LogP contribution in [-0.4, -0.2) is 34.7 Å². The van der Waals surface area contributed by atoms with Crippen LogP contribution >= 0.6 is 0 Å². The fourth-order valence-corrected chi connectivity index (χ4v) is 1.41. The molecule has 0 aliphatic heterocycles. The second-order valence-electron chi connectivity index (χ2n) is 3.43. The van der Waals surface area contributed by atoms with E-state index < -0.39 is 0 Å². The second kappa shape index (κ2) is 4.27. The molecule has 0 aliphatic carbocycles. The number of aromatic nitrogens is 3. The Bertz CT molecular complexity index is 448. The number of anilines is 1. The Labute approximate surface area is 88.5 Å². The molecule has 2 aromatic heterocycles. The van der Waals surface area contributed by atoms with Gasteiger partial charge < -0.3 is 10.6 Å². The third kappa shape index (κ3) is 2.07. The van der Waals surface area contributed by atoms with Gasteiger partial charge in [-0.25, -0.2) is 4.52 Å². The molecule has 80 valence electrons. The third-order valence-electron chi connectivity index (χ3n) is 2.22. The number of nitrogens with zero attached hydrogens (tertiary/aromatic N) is 3. The SMILES string of the molecule is CNCCNc1nc2c(C)cccn2n1. The van der Waals surface area contributed by atoms with Crippen LogP contribution in [0, 0.1) is 6.92 Å². The van der Waals surface area contributed by atoms with Crippen molar-refractivity contribution in [3.05, 3.63) is 23.9 Å². The summed E-state index contributed by atoms with van der Waals surface area (Å²) in [6.45, 7) is 3.75. The highest BCUT2D eigenvalue weighted by Gasteiger charge is 2.03. The number of likely N-dealkylation sites (N-methyl/N-ethyl adjacent to an activating group) is 1. The van der Waals surface area contributed by atoms with Crippen molar-refractivity contribution in [2.24, 2.45) is 0 Å². The summed E-state index contributed by atoms with van der Waals surface area (Å²) < 4.78 is 1.79. The smallest absolute Gasteiger partial charge is 0.243 e. The Hall–Kier alpha value is -1.62. The summed E-state index contributed by atoms with van der Waals surface area (Å²) >= 11 is 0. The first-order chi connectivity index (χ1) is 7.31. The van der Waals surface area contributed by atoms with Gasteiger partial charge in [-0.3, -0.25) is 0 Å². The number of fused-ring (bicyclic) bond motifs is 1. The normalized spacial score (nSPS) is 10.8. The van der Waals surface area contributed by atoms with Crippen LogP contribution < -0.4 is 10.6 Å². The van der Waals surface area contributed by atoms with E-state index in [0.717, 1.165) is 24.3 Å². The quantitative estimate of drug-likeness (QED) is 0.720. The Morgan fingerprint density at radius 3 is 3.00 bits per heavy atom. The molecule has 5 heteroatoms. The summed E-state index contributed by atoms with van der Waals surface area (Å²) in [7, 11) is 1.92. The molecule has 2 rings (SSSR count). The van der Waals surface area contributed by atoms with Gasteiger partial charge in [-0.1, -0.05) is 6.07 Å². The van der Waals surface area contributed by atoms with Gasteiger partial charge in [0.15, 0.2) is 5.65 Å². The Morgan fingerprint density at radius 1 is 1.40 bits per heavy atom. The van der Waals surface area contributed by atoms with E-state index in [1.807, 2.05) is 32.3 Å². The van der Waals surface area contributed by atoms with Gasteiger partial charge >= 0.3 is 0 Å². The fraction of sp³-hybridized carbons (Fsp3) is 0.400. The van der Waals surface area contributed by atoms with Crippen molar-refractivity contribution >= 4 is 11.6 Å². The molecule has 2 aromatic rings. The van der Waals surface area contributed by atoms with Gasteiger partial charge in [-0.2, -0.15) is 4.98 Å². The van der Waals surface area contributed by atoms with Crippen LogP contribution in [0.4, 0.5) is 5.95 Å². The minimum absolute atomic E-state index is 0.680. The molecule has 0 bridgehead atoms. The average molecular weight is 205 g/mol. The van der Waals surface area contributed by atoms with Crippen molar-refractivity contribution in [2.45, 2.75) is 6.92 Å². The minimum atomic E-state index is 0.680. The molecule has 0 saturated heterocycles. The molecule has 0 aliphatic rings. The van der Waals surface area contributed by atoms with Gasteiger partial charge in [0, 0.05) is 19.3 Å². The maximum absolute atomic E-state index is 4.40. The van der Waals surface area contributed by atoms with Crippen LogP contribution in [0.25, 0.3) is 5.65 Å². The van der Waals surface area contributed by atoms with Crippen molar-refractivity contribution in [3.63, 3.8) is 0 Å². The molecule has 0 atom stereocenters. The van der Waals surface area contributed by atoms with Crippen LogP contribution in [0.5, 0.6) is 0 Å². The standard InChI is InChI=1S/C10H15N5/c1-8-4-3-7-15-9(8)13-10(14-15)12-6-5-11-2/h3-4,7,11H,5-6H2,1-2H3,(H,12,14). The highest BCUT2D eigenvalue weighted by Crippen LogP contribution is 2.09. The molecule has 15 heavy (non-hydrogen) atoms. The molecule has 0 saturated carbocycles. The molecule has 0 amide bonds. The molecule has 0 aromatic carbocycles. The minimum Gasteiger partial charge on any atom is -0.352 e. The van der Waals surface area contributed by atoms with Gasteiger partial charge in [0.05, 0.1) is 0 Å². The molecular weight excluding hydrogens is 190 g/mol. The zero-order valence-corrected chi connectivity index (χ0v) is 8.99. The monoisotopic (exact) mass is 205 g/mol. The zero-order valence-electron chi connectivity index (χ0n) is 8.99. The molecule has 0 radical (unpaired) electrons. The first-order valence-corrected chi connectivity index (χ1v) is 5.02. The van der Waals surface area contributed by atoms with E-state index in [1.54, 1.807) is 4.52 Å². The predicted molar refractivity (Wildman–Crippen MR) is 60.1 cm³/mol. The van der Waals surface area contributed by atoms with Gasteiger partial charge in [0.1, 0.15) is 0 Å². The number of aryl methyl sites for hydroxylation is 1. The largest absolute Gasteiger partial charge is 0.352 e. The maximum atomic E-state index is 4.40. The summed E-state index contributed by atoms with van der Waals surface area (Å²) in [4.78, 5) is 4.40. The Balaban J connectivity index is 2.20. The van der Waals surface area contributed by atoms with Crippen molar-refractivity contribution in [1.29, 1.82) is 0 Å². The van der Waals surface area contributed by atoms with Gasteiger partial charge in [-0.15, -0.1) is 5.10 Å². The number of rotatable bonds is 4. The van der Waals surface area contributed by atoms with Gasteiger partial charge in [0.2, 0.25) is 5.95 Å². The van der Waals surface area contributed by atoms with E-state index in [2.05, 4.69) is 20.7 Å². The first-order valence-electron chi connectivity index (χ1n) is 5.02. The summed E-state index contributed by atoms with van der Waals surface area (Å²) in [5, 5.41) is 10.5. The van der Waals surface area contributed by atoms with Crippen LogP contribution in [-0.2, 0) is 0 Å². The second-order valence-corrected chi connectivity index (χ2v) is 3.43. The van der Waals surface area contributed by atoms with Crippen molar-refractivity contribution in [1.82, 2.24) is 19.9 Å². The zero-order chi connectivity index (χ0) is 10.7. The Kier molecular flexibility index (Phi) is 2.82. The molecule has 0 spiro atoms. The lowest BCUT2D eigenvalue weighted by molar-refractivity contribution is 0.816. The van der Waals surface area contributed by atoms with Gasteiger partial charge in [0.25, 0.3) is 0 Å². The van der Waals surface area contributed by atoms with Gasteiger partial charge in [-0.05, 0) is 25.6 Å². The van der Waals surface area contributed by atoms with Crippen LogP contribution in [0.3, 0.4) is 0 Å². The molecule has 0 unspecified atom stereocenters. The number of nitrogens with one attached hydrogen (secondary N) is 2. The van der Waals surface area contributed by atoms with E-state index in [1.165, 1.54) is 0 Å². The molecule has 2 N–H and O–H groups in total. The summed E-state index contributed by atoms with van der Waals surface area (Å²) in [5.74, 6) is 0.680. The van der Waals surface area contributed by atoms with E-state index in [0.29, 0.717) is 5.95 Å². The van der Waals surface area contributed by atoms with E-state index in [4.69, 9.17) is 0 Å². The van der Waals surface area contributed by atoms with E-state index in [-0.39, 0.29) is 0 Å². The molecular formula is C10H15N5. The lowest BCUT2D eigenvalue weighted by atomic mass is 10.3. The number of hydrogen-bond acceptors (Lipinski definition) is 4.